The lowest BCUT2D eigenvalue weighted by Crippen LogP contribution is -2.26. The van der Waals surface area contributed by atoms with Crippen LogP contribution in [0.25, 0.3) is 0 Å². The minimum atomic E-state index is -0.104. The fourth-order valence-electron chi connectivity index (χ4n) is 2.24. The lowest BCUT2D eigenvalue weighted by atomic mass is 10.2. The normalized spacial score (nSPS) is 10.3. The van der Waals surface area contributed by atoms with Crippen molar-refractivity contribution in [1.82, 2.24) is 20.6 Å². The second-order valence-corrected chi connectivity index (χ2v) is 5.95. The van der Waals surface area contributed by atoms with E-state index in [-0.39, 0.29) is 11.8 Å². The summed E-state index contributed by atoms with van der Waals surface area (Å²) >= 11 is 0. The number of aromatic nitrogens is 2. The van der Waals surface area contributed by atoms with Crippen LogP contribution in [0, 0.1) is 13.8 Å². The molecule has 0 spiro atoms. The first-order valence-corrected chi connectivity index (χ1v) is 8.48. The van der Waals surface area contributed by atoms with Crippen LogP contribution in [-0.4, -0.2) is 34.9 Å². The number of rotatable bonds is 8. The summed E-state index contributed by atoms with van der Waals surface area (Å²) in [5.74, 6) is -0.208. The van der Waals surface area contributed by atoms with E-state index < -0.39 is 0 Å². The van der Waals surface area contributed by atoms with Crippen molar-refractivity contribution in [3.8, 4) is 0 Å². The number of unbranched alkanes of at least 4 members (excludes halogenated alkanes) is 2. The molecule has 2 aromatic heterocycles. The van der Waals surface area contributed by atoms with Gasteiger partial charge in [-0.3, -0.25) is 19.6 Å². The summed E-state index contributed by atoms with van der Waals surface area (Å²) in [5, 5.41) is 5.75. The Morgan fingerprint density at radius 2 is 1.20 bits per heavy atom. The number of hydrogen-bond donors (Lipinski definition) is 2. The van der Waals surface area contributed by atoms with Gasteiger partial charge in [0, 0.05) is 36.9 Å². The predicted molar refractivity (Wildman–Crippen MR) is 96.5 cm³/mol. The molecule has 0 aromatic carbocycles. The van der Waals surface area contributed by atoms with Crippen molar-refractivity contribution < 1.29 is 9.59 Å². The highest BCUT2D eigenvalue weighted by Crippen LogP contribution is 2.01. The maximum atomic E-state index is 11.9. The molecule has 2 amide bonds. The quantitative estimate of drug-likeness (QED) is 0.723. The zero-order chi connectivity index (χ0) is 18.1. The summed E-state index contributed by atoms with van der Waals surface area (Å²) in [6, 6.07) is 7.18. The molecule has 0 radical (unpaired) electrons. The maximum absolute atomic E-state index is 11.9. The van der Waals surface area contributed by atoms with Gasteiger partial charge in [-0.05, 0) is 57.4 Å². The summed E-state index contributed by atoms with van der Waals surface area (Å²) < 4.78 is 0. The molecule has 132 valence electrons. The highest BCUT2D eigenvalue weighted by molar-refractivity contribution is 5.94. The first-order valence-electron chi connectivity index (χ1n) is 8.48. The SMILES string of the molecule is Cc1ccc(C(=O)NCCCCCNC(=O)c2ccc(C)nc2)cn1. The third-order valence-electron chi connectivity index (χ3n) is 3.77. The summed E-state index contributed by atoms with van der Waals surface area (Å²) in [4.78, 5) is 32.0. The zero-order valence-electron chi connectivity index (χ0n) is 14.7. The first kappa shape index (κ1) is 18.6. The minimum absolute atomic E-state index is 0.104. The Balaban J connectivity index is 1.56. The Morgan fingerprint density at radius 3 is 1.56 bits per heavy atom. The van der Waals surface area contributed by atoms with Crippen LogP contribution in [0.15, 0.2) is 36.7 Å². The molecule has 0 unspecified atom stereocenters. The highest BCUT2D eigenvalue weighted by Gasteiger charge is 2.06. The van der Waals surface area contributed by atoms with E-state index in [1.165, 1.54) is 0 Å². The van der Waals surface area contributed by atoms with Crippen molar-refractivity contribution in [2.75, 3.05) is 13.1 Å². The van der Waals surface area contributed by atoms with E-state index in [0.29, 0.717) is 24.2 Å². The van der Waals surface area contributed by atoms with Crippen LogP contribution in [0.4, 0.5) is 0 Å². The van der Waals surface area contributed by atoms with Crippen LogP contribution in [-0.2, 0) is 0 Å². The second kappa shape index (κ2) is 9.52. The highest BCUT2D eigenvalue weighted by atomic mass is 16.2. The molecule has 6 heteroatoms. The number of pyridine rings is 2. The Morgan fingerprint density at radius 1 is 0.760 bits per heavy atom. The van der Waals surface area contributed by atoms with Crippen molar-refractivity contribution in [2.45, 2.75) is 33.1 Å². The molecule has 0 saturated carbocycles. The van der Waals surface area contributed by atoms with E-state index in [9.17, 15) is 9.59 Å². The fourth-order valence-corrected chi connectivity index (χ4v) is 2.24. The molecule has 0 aliphatic heterocycles. The topological polar surface area (TPSA) is 84.0 Å². The summed E-state index contributed by atoms with van der Waals surface area (Å²) in [5.41, 5.74) is 2.93. The molecule has 2 N–H and O–H groups in total. The number of carbonyl (C=O) groups excluding carboxylic acids is 2. The number of hydrogen-bond acceptors (Lipinski definition) is 4. The Labute approximate surface area is 148 Å². The third kappa shape index (κ3) is 6.33. The molecule has 0 aliphatic carbocycles. The van der Waals surface area contributed by atoms with Gasteiger partial charge in [-0.1, -0.05) is 0 Å². The molecule has 2 aromatic rings. The number of carbonyl (C=O) groups is 2. The van der Waals surface area contributed by atoms with Gasteiger partial charge < -0.3 is 10.6 Å². The van der Waals surface area contributed by atoms with Crippen molar-refractivity contribution in [1.29, 1.82) is 0 Å². The smallest absolute Gasteiger partial charge is 0.252 e. The van der Waals surface area contributed by atoms with E-state index in [1.54, 1.807) is 24.5 Å². The first-order chi connectivity index (χ1) is 12.1. The summed E-state index contributed by atoms with van der Waals surface area (Å²) in [6.07, 6.45) is 5.83. The van der Waals surface area contributed by atoms with Gasteiger partial charge in [0.1, 0.15) is 0 Å². The second-order valence-electron chi connectivity index (χ2n) is 5.95. The summed E-state index contributed by atoms with van der Waals surface area (Å²) in [6.45, 7) is 5.00. The van der Waals surface area contributed by atoms with Crippen LogP contribution >= 0.6 is 0 Å². The Bertz CT molecular complexity index is 635. The molecule has 0 atom stereocenters. The molecule has 0 fully saturated rings. The average molecular weight is 340 g/mol. The van der Waals surface area contributed by atoms with Gasteiger partial charge >= 0.3 is 0 Å². The molecule has 25 heavy (non-hydrogen) atoms. The van der Waals surface area contributed by atoms with Crippen LogP contribution < -0.4 is 10.6 Å². The van der Waals surface area contributed by atoms with E-state index in [1.807, 2.05) is 26.0 Å². The standard InChI is InChI=1S/C19H24N4O2/c1-14-6-8-16(12-22-14)18(24)20-10-4-3-5-11-21-19(25)17-9-7-15(2)23-13-17/h6-9,12-13H,3-5,10-11H2,1-2H3,(H,20,24)(H,21,25). The van der Waals surface area contributed by atoms with E-state index in [0.717, 1.165) is 30.7 Å². The molecule has 0 aliphatic rings. The molecule has 0 saturated heterocycles. The van der Waals surface area contributed by atoms with Gasteiger partial charge in [0.25, 0.3) is 11.8 Å². The number of nitrogens with zero attached hydrogens (tertiary/aromatic N) is 2. The van der Waals surface area contributed by atoms with E-state index in [4.69, 9.17) is 0 Å². The maximum Gasteiger partial charge on any atom is 0.252 e. The lowest BCUT2D eigenvalue weighted by Gasteiger charge is -2.07. The fraction of sp³-hybridized carbons (Fsp3) is 0.368. The molecule has 0 bridgehead atoms. The number of nitrogens with one attached hydrogen (secondary N) is 2. The van der Waals surface area contributed by atoms with Crippen molar-refractivity contribution in [2.24, 2.45) is 0 Å². The minimum Gasteiger partial charge on any atom is -0.352 e. The Hall–Kier alpha value is -2.76. The predicted octanol–water partition coefficient (Wildman–Crippen LogP) is 2.42. The monoisotopic (exact) mass is 340 g/mol. The van der Waals surface area contributed by atoms with Gasteiger partial charge in [-0.15, -0.1) is 0 Å². The Kier molecular flexibility index (Phi) is 7.07. The van der Waals surface area contributed by atoms with E-state index in [2.05, 4.69) is 20.6 Å². The molecule has 6 nitrogen and oxygen atoms in total. The van der Waals surface area contributed by atoms with Gasteiger partial charge in [0.05, 0.1) is 11.1 Å². The van der Waals surface area contributed by atoms with Gasteiger partial charge in [-0.25, -0.2) is 0 Å². The van der Waals surface area contributed by atoms with Crippen LogP contribution in [0.2, 0.25) is 0 Å². The summed E-state index contributed by atoms with van der Waals surface area (Å²) in [7, 11) is 0. The lowest BCUT2D eigenvalue weighted by molar-refractivity contribution is 0.0947. The van der Waals surface area contributed by atoms with Crippen LogP contribution in [0.5, 0.6) is 0 Å². The largest absolute Gasteiger partial charge is 0.352 e. The van der Waals surface area contributed by atoms with Gasteiger partial charge in [-0.2, -0.15) is 0 Å². The van der Waals surface area contributed by atoms with Gasteiger partial charge in [0.15, 0.2) is 0 Å². The third-order valence-corrected chi connectivity index (χ3v) is 3.77. The van der Waals surface area contributed by atoms with Crippen molar-refractivity contribution in [3.05, 3.63) is 59.2 Å². The average Bonchev–Trinajstić information content (AvgIpc) is 2.61. The molecule has 2 heterocycles. The number of amides is 2. The zero-order valence-corrected chi connectivity index (χ0v) is 14.7. The van der Waals surface area contributed by atoms with Crippen molar-refractivity contribution in [3.63, 3.8) is 0 Å². The molecule has 2 rings (SSSR count). The van der Waals surface area contributed by atoms with E-state index >= 15 is 0 Å². The molecular formula is C19H24N4O2. The van der Waals surface area contributed by atoms with Gasteiger partial charge in [0.2, 0.25) is 0 Å². The van der Waals surface area contributed by atoms with Crippen LogP contribution in [0.1, 0.15) is 51.4 Å². The van der Waals surface area contributed by atoms with Crippen LogP contribution in [0.3, 0.4) is 0 Å². The number of aryl methyl sites for hydroxylation is 2. The van der Waals surface area contributed by atoms with Crippen molar-refractivity contribution >= 4 is 11.8 Å². The molecular weight excluding hydrogens is 316 g/mol.